The fourth-order valence-electron chi connectivity index (χ4n) is 1.99. The lowest BCUT2D eigenvalue weighted by atomic mass is 10.1. The number of unbranched alkanes of at least 4 members (excludes halogenated alkanes) is 9. The zero-order chi connectivity index (χ0) is 13.7. The lowest BCUT2D eigenvalue weighted by Gasteiger charge is -2.25. The van der Waals surface area contributed by atoms with E-state index in [4.69, 9.17) is 4.84 Å². The quantitative estimate of drug-likeness (QED) is 0.258. The fraction of sp³-hybridized carbons (Fsp3) is 1.00. The van der Waals surface area contributed by atoms with Crippen molar-refractivity contribution in [3.8, 4) is 0 Å². The fourth-order valence-corrected chi connectivity index (χ4v) is 1.99. The van der Waals surface area contributed by atoms with Crippen molar-refractivity contribution in [3.63, 3.8) is 0 Å². The van der Waals surface area contributed by atoms with Gasteiger partial charge in [-0.3, -0.25) is 0 Å². The minimum Gasteiger partial charge on any atom is -0.203 e. The van der Waals surface area contributed by atoms with Crippen LogP contribution in [0.2, 0.25) is 0 Å². The number of rotatable bonds is 13. The Morgan fingerprint density at radius 2 is 1.11 bits per heavy atom. The van der Waals surface area contributed by atoms with Gasteiger partial charge in [-0.1, -0.05) is 64.7 Å². The molecule has 0 atom stereocenters. The van der Waals surface area contributed by atoms with Gasteiger partial charge in [-0.25, -0.2) is 4.84 Å². The highest BCUT2D eigenvalue weighted by molar-refractivity contribution is 4.46. The summed E-state index contributed by atoms with van der Waals surface area (Å²) < 4.78 is 0.692. The molecule has 0 spiro atoms. The van der Waals surface area contributed by atoms with Gasteiger partial charge in [0.05, 0.1) is 14.1 Å². The third-order valence-corrected chi connectivity index (χ3v) is 3.70. The summed E-state index contributed by atoms with van der Waals surface area (Å²) in [7, 11) is 4.24. The van der Waals surface area contributed by atoms with Crippen LogP contribution in [-0.4, -0.2) is 31.9 Å². The summed E-state index contributed by atoms with van der Waals surface area (Å²) in [4.78, 5) is 5.79. The molecule has 0 rings (SSSR count). The maximum atomic E-state index is 5.79. The zero-order valence-corrected chi connectivity index (χ0v) is 13.3. The SMILES string of the molecule is CCCCCCCCCCCCO[N+](C)(C)CC. The molecule has 0 aromatic rings. The first-order valence-corrected chi connectivity index (χ1v) is 8.10. The van der Waals surface area contributed by atoms with Gasteiger partial charge in [0.2, 0.25) is 0 Å². The topological polar surface area (TPSA) is 9.23 Å². The molecule has 0 amide bonds. The molecule has 2 nitrogen and oxygen atoms in total. The minimum atomic E-state index is 0.692. The lowest BCUT2D eigenvalue weighted by molar-refractivity contribution is -1.08. The lowest BCUT2D eigenvalue weighted by Crippen LogP contribution is -2.39. The highest BCUT2D eigenvalue weighted by Crippen LogP contribution is 2.10. The maximum absolute atomic E-state index is 5.79. The van der Waals surface area contributed by atoms with Crippen molar-refractivity contribution in [2.45, 2.75) is 78.1 Å². The number of hydroxylamine groups is 3. The predicted octanol–water partition coefficient (Wildman–Crippen LogP) is 4.94. The molecule has 2 heteroatoms. The average molecular weight is 258 g/mol. The van der Waals surface area contributed by atoms with Gasteiger partial charge in [-0.2, -0.15) is 4.65 Å². The molecule has 0 saturated heterocycles. The van der Waals surface area contributed by atoms with E-state index < -0.39 is 0 Å². The van der Waals surface area contributed by atoms with Crippen molar-refractivity contribution in [2.75, 3.05) is 27.2 Å². The summed E-state index contributed by atoms with van der Waals surface area (Å²) in [5.74, 6) is 0. The van der Waals surface area contributed by atoms with Crippen LogP contribution >= 0.6 is 0 Å². The average Bonchev–Trinajstić information content (AvgIpc) is 2.36. The monoisotopic (exact) mass is 258 g/mol. The maximum Gasteiger partial charge on any atom is 0.106 e. The Morgan fingerprint density at radius 3 is 1.56 bits per heavy atom. The second-order valence-corrected chi connectivity index (χ2v) is 5.91. The smallest absolute Gasteiger partial charge is 0.106 e. The molecule has 0 fully saturated rings. The Labute approximate surface area is 115 Å². The number of hydrogen-bond donors (Lipinski definition) is 0. The molecule has 0 aromatic heterocycles. The van der Waals surface area contributed by atoms with Gasteiger partial charge in [-0.05, 0) is 13.3 Å². The summed E-state index contributed by atoms with van der Waals surface area (Å²) in [6, 6.07) is 0. The molecule has 0 bridgehead atoms. The third-order valence-electron chi connectivity index (χ3n) is 3.70. The molecule has 0 unspecified atom stereocenters. The molecule has 0 radical (unpaired) electrons. The van der Waals surface area contributed by atoms with Gasteiger partial charge in [0.15, 0.2) is 0 Å². The molecule has 0 heterocycles. The largest absolute Gasteiger partial charge is 0.203 e. The predicted molar refractivity (Wildman–Crippen MR) is 80.4 cm³/mol. The first kappa shape index (κ1) is 17.9. The van der Waals surface area contributed by atoms with E-state index in [0.29, 0.717) is 4.65 Å². The van der Waals surface area contributed by atoms with Crippen molar-refractivity contribution in [1.29, 1.82) is 0 Å². The second-order valence-electron chi connectivity index (χ2n) is 5.91. The van der Waals surface area contributed by atoms with Crippen LogP contribution in [0.15, 0.2) is 0 Å². The summed E-state index contributed by atoms with van der Waals surface area (Å²) in [6.07, 6.45) is 13.9. The van der Waals surface area contributed by atoms with Gasteiger partial charge >= 0.3 is 0 Å². The molecule has 0 saturated carbocycles. The van der Waals surface area contributed by atoms with E-state index in [1.54, 1.807) is 0 Å². The Hall–Kier alpha value is -0.0800. The molecular weight excluding hydrogens is 222 g/mol. The highest BCUT2D eigenvalue weighted by Gasteiger charge is 2.11. The van der Waals surface area contributed by atoms with Gasteiger partial charge in [-0.15, -0.1) is 0 Å². The molecule has 0 N–H and O–H groups in total. The van der Waals surface area contributed by atoms with Gasteiger partial charge in [0.25, 0.3) is 0 Å². The molecule has 0 aromatic carbocycles. The van der Waals surface area contributed by atoms with Crippen LogP contribution in [0.25, 0.3) is 0 Å². The van der Waals surface area contributed by atoms with Crippen molar-refractivity contribution in [1.82, 2.24) is 0 Å². The van der Waals surface area contributed by atoms with Crippen LogP contribution in [0.3, 0.4) is 0 Å². The van der Waals surface area contributed by atoms with Crippen LogP contribution in [-0.2, 0) is 4.84 Å². The molecule has 0 aliphatic rings. The Balaban J connectivity index is 3.08. The van der Waals surface area contributed by atoms with E-state index in [-0.39, 0.29) is 0 Å². The summed E-state index contributed by atoms with van der Waals surface area (Å²) in [6.45, 7) is 6.40. The van der Waals surface area contributed by atoms with Crippen LogP contribution in [0.5, 0.6) is 0 Å². The molecular formula is C16H36NO+. The third kappa shape index (κ3) is 12.4. The zero-order valence-electron chi connectivity index (χ0n) is 13.3. The molecule has 0 aliphatic heterocycles. The highest BCUT2D eigenvalue weighted by atomic mass is 16.7. The van der Waals surface area contributed by atoms with Crippen molar-refractivity contribution >= 4 is 0 Å². The Morgan fingerprint density at radius 1 is 0.667 bits per heavy atom. The van der Waals surface area contributed by atoms with E-state index in [9.17, 15) is 0 Å². The van der Waals surface area contributed by atoms with E-state index in [2.05, 4.69) is 27.9 Å². The Bertz CT molecular complexity index is 168. The van der Waals surface area contributed by atoms with Gasteiger partial charge in [0, 0.05) is 0 Å². The van der Waals surface area contributed by atoms with Crippen molar-refractivity contribution in [3.05, 3.63) is 0 Å². The standard InChI is InChI=1S/C16H36NO/c1-5-7-8-9-10-11-12-13-14-15-16-18-17(3,4)6-2/h5-16H2,1-4H3/q+1. The number of hydrogen-bond acceptors (Lipinski definition) is 1. The van der Waals surface area contributed by atoms with Crippen LogP contribution < -0.4 is 0 Å². The Kier molecular flexibility index (Phi) is 11.9. The number of nitrogens with zero attached hydrogens (tertiary/aromatic N) is 1. The molecule has 0 aliphatic carbocycles. The normalized spacial score (nSPS) is 12.0. The van der Waals surface area contributed by atoms with Crippen LogP contribution in [0, 0.1) is 0 Å². The van der Waals surface area contributed by atoms with Crippen molar-refractivity contribution in [2.24, 2.45) is 0 Å². The van der Waals surface area contributed by atoms with E-state index in [0.717, 1.165) is 13.2 Å². The first-order chi connectivity index (χ1) is 8.62. The summed E-state index contributed by atoms with van der Waals surface area (Å²) in [5, 5.41) is 0. The van der Waals surface area contributed by atoms with E-state index in [1.165, 1.54) is 64.2 Å². The minimum absolute atomic E-state index is 0.692. The summed E-state index contributed by atoms with van der Waals surface area (Å²) >= 11 is 0. The van der Waals surface area contributed by atoms with Crippen LogP contribution in [0.1, 0.15) is 78.1 Å². The van der Waals surface area contributed by atoms with Gasteiger partial charge in [0.1, 0.15) is 13.2 Å². The van der Waals surface area contributed by atoms with E-state index in [1.807, 2.05) is 0 Å². The van der Waals surface area contributed by atoms with Gasteiger partial charge < -0.3 is 0 Å². The first-order valence-electron chi connectivity index (χ1n) is 8.10. The van der Waals surface area contributed by atoms with Crippen molar-refractivity contribution < 1.29 is 9.48 Å². The second kappa shape index (κ2) is 12.0. The molecule has 110 valence electrons. The van der Waals surface area contributed by atoms with Crippen LogP contribution in [0.4, 0.5) is 0 Å². The summed E-state index contributed by atoms with van der Waals surface area (Å²) in [5.41, 5.74) is 0. The number of quaternary nitrogens is 1. The molecule has 18 heavy (non-hydrogen) atoms. The van der Waals surface area contributed by atoms with E-state index >= 15 is 0 Å².